The molecule has 0 amide bonds. The number of ketones is 1. The molecule has 0 saturated carbocycles. The largest absolute Gasteiger partial charge is 0.289 e. The monoisotopic (exact) mass is 168 g/mol. The van der Waals surface area contributed by atoms with Gasteiger partial charge in [0.2, 0.25) is 0 Å². The maximum Gasteiger partial charge on any atom is 0.186 e. The van der Waals surface area contributed by atoms with Crippen LogP contribution < -0.4 is 0 Å². The van der Waals surface area contributed by atoms with Crippen LogP contribution in [0.4, 0.5) is 0 Å². The Hall–Kier alpha value is -1.63. The van der Waals surface area contributed by atoms with Crippen LogP contribution in [-0.2, 0) is 4.79 Å². The van der Waals surface area contributed by atoms with Crippen molar-refractivity contribution >= 4 is 5.78 Å². The minimum atomic E-state index is 0.140. The molecule has 0 aliphatic heterocycles. The van der Waals surface area contributed by atoms with Crippen molar-refractivity contribution in [3.05, 3.63) is 59.3 Å². The van der Waals surface area contributed by atoms with E-state index in [-0.39, 0.29) is 5.78 Å². The van der Waals surface area contributed by atoms with Gasteiger partial charge >= 0.3 is 0 Å². The minimum Gasteiger partial charge on any atom is -0.289 e. The Morgan fingerprint density at radius 1 is 1.15 bits per heavy atom. The van der Waals surface area contributed by atoms with Gasteiger partial charge in [-0.15, -0.1) is 0 Å². The topological polar surface area (TPSA) is 17.1 Å². The van der Waals surface area contributed by atoms with Crippen LogP contribution >= 0.6 is 0 Å². The van der Waals surface area contributed by atoms with Crippen LogP contribution in [0.25, 0.3) is 0 Å². The van der Waals surface area contributed by atoms with Crippen molar-refractivity contribution in [1.82, 2.24) is 0 Å². The number of allylic oxidation sites excluding steroid dienone is 10. The Morgan fingerprint density at radius 2 is 2.08 bits per heavy atom. The first-order chi connectivity index (χ1) is 6.36. The molecule has 0 heterocycles. The summed E-state index contributed by atoms with van der Waals surface area (Å²) in [6, 6.07) is 0. The smallest absolute Gasteiger partial charge is 0.186 e. The zero-order chi connectivity index (χ0) is 8.84. The van der Waals surface area contributed by atoms with E-state index >= 15 is 0 Å². The van der Waals surface area contributed by atoms with E-state index in [2.05, 4.69) is 18.2 Å². The predicted octanol–water partition coefficient (Wildman–Crippen LogP) is 2.10. The molecule has 1 nitrogen and oxygen atoms in total. The summed E-state index contributed by atoms with van der Waals surface area (Å²) in [6.07, 6.45) is 13.8. The molecule has 3 aliphatic carbocycles. The molecule has 62 valence electrons. The lowest BCUT2D eigenvalue weighted by atomic mass is 9.92. The average molecular weight is 168 g/mol. The van der Waals surface area contributed by atoms with Gasteiger partial charge < -0.3 is 0 Å². The third kappa shape index (κ3) is 0.788. The predicted molar refractivity (Wildman–Crippen MR) is 51.0 cm³/mol. The third-order valence-corrected chi connectivity index (χ3v) is 2.70. The molecule has 0 bridgehead atoms. The van der Waals surface area contributed by atoms with Gasteiger partial charge in [-0.2, -0.15) is 0 Å². The highest BCUT2D eigenvalue weighted by Gasteiger charge is 2.30. The molecule has 0 fully saturated rings. The highest BCUT2D eigenvalue weighted by molar-refractivity contribution is 6.10. The molecule has 0 radical (unpaired) electrons. The second-order valence-electron chi connectivity index (χ2n) is 3.43. The van der Waals surface area contributed by atoms with Crippen LogP contribution in [0.3, 0.4) is 0 Å². The van der Waals surface area contributed by atoms with Gasteiger partial charge in [0.15, 0.2) is 5.78 Å². The van der Waals surface area contributed by atoms with Crippen molar-refractivity contribution < 1.29 is 4.79 Å². The number of fused-ring (bicyclic) bond motifs is 3. The highest BCUT2D eigenvalue weighted by atomic mass is 16.1. The standard InChI is InChI=1S/C12H8O/c13-12-6-2-5-10-9-4-1-3-8(9)7-11(10)12/h1-7,9H. The van der Waals surface area contributed by atoms with E-state index < -0.39 is 0 Å². The fourth-order valence-corrected chi connectivity index (χ4v) is 2.07. The Kier molecular flexibility index (Phi) is 1.15. The van der Waals surface area contributed by atoms with Crippen molar-refractivity contribution in [2.24, 2.45) is 5.92 Å². The van der Waals surface area contributed by atoms with Crippen molar-refractivity contribution in [3.8, 4) is 0 Å². The third-order valence-electron chi connectivity index (χ3n) is 2.70. The van der Waals surface area contributed by atoms with Gasteiger partial charge in [-0.3, -0.25) is 4.79 Å². The van der Waals surface area contributed by atoms with Gasteiger partial charge in [-0.05, 0) is 23.3 Å². The number of rotatable bonds is 0. The summed E-state index contributed by atoms with van der Waals surface area (Å²) in [5.74, 6) is 0.491. The molecular formula is C12H8O. The molecule has 3 rings (SSSR count). The molecule has 1 atom stereocenters. The number of carbonyl (C=O) groups excluding carboxylic acids is 1. The molecule has 0 N–H and O–H groups in total. The molecule has 0 spiro atoms. The first-order valence-corrected chi connectivity index (χ1v) is 4.39. The molecule has 1 unspecified atom stereocenters. The second kappa shape index (κ2) is 2.19. The molecule has 13 heavy (non-hydrogen) atoms. The molecule has 3 aliphatic rings. The zero-order valence-electron chi connectivity index (χ0n) is 7.03. The van der Waals surface area contributed by atoms with E-state index in [1.54, 1.807) is 6.08 Å². The quantitative estimate of drug-likeness (QED) is 0.541. The number of carbonyl (C=O) groups is 1. The summed E-state index contributed by atoms with van der Waals surface area (Å²) < 4.78 is 0. The van der Waals surface area contributed by atoms with Crippen molar-refractivity contribution in [1.29, 1.82) is 0 Å². The maximum atomic E-state index is 11.5. The summed E-state index contributed by atoms with van der Waals surface area (Å²) in [6.45, 7) is 0. The fraction of sp³-hybridized carbons (Fsp3) is 0.0833. The molecule has 1 heteroatoms. The van der Waals surface area contributed by atoms with E-state index in [0.29, 0.717) is 5.92 Å². The molecule has 0 aromatic carbocycles. The van der Waals surface area contributed by atoms with E-state index in [1.807, 2.05) is 18.2 Å². The molecule has 0 aromatic heterocycles. The van der Waals surface area contributed by atoms with E-state index in [9.17, 15) is 4.79 Å². The summed E-state index contributed by atoms with van der Waals surface area (Å²) >= 11 is 0. The highest BCUT2D eigenvalue weighted by Crippen LogP contribution is 2.40. The van der Waals surface area contributed by atoms with Gasteiger partial charge in [0.05, 0.1) is 0 Å². The summed E-state index contributed by atoms with van der Waals surface area (Å²) in [5.41, 5.74) is 3.29. The maximum absolute atomic E-state index is 11.5. The van der Waals surface area contributed by atoms with Gasteiger partial charge in [-0.1, -0.05) is 30.4 Å². The van der Waals surface area contributed by atoms with E-state index in [4.69, 9.17) is 0 Å². The van der Waals surface area contributed by atoms with Crippen molar-refractivity contribution in [3.63, 3.8) is 0 Å². The van der Waals surface area contributed by atoms with Crippen molar-refractivity contribution in [2.45, 2.75) is 0 Å². The summed E-state index contributed by atoms with van der Waals surface area (Å²) in [4.78, 5) is 11.5. The summed E-state index contributed by atoms with van der Waals surface area (Å²) in [5, 5.41) is 0. The zero-order valence-corrected chi connectivity index (χ0v) is 7.03. The van der Waals surface area contributed by atoms with E-state index in [0.717, 1.165) is 11.1 Å². The SMILES string of the molecule is O=C1C=CC=C2C1=CC1=CC=CC12. The molecule has 0 aromatic rings. The van der Waals surface area contributed by atoms with Crippen LogP contribution in [0, 0.1) is 5.92 Å². The lowest BCUT2D eigenvalue weighted by Gasteiger charge is -2.10. The second-order valence-corrected chi connectivity index (χ2v) is 3.43. The van der Waals surface area contributed by atoms with Crippen LogP contribution in [0.5, 0.6) is 0 Å². The first kappa shape index (κ1) is 6.84. The molecular weight excluding hydrogens is 160 g/mol. The van der Waals surface area contributed by atoms with Gasteiger partial charge in [-0.25, -0.2) is 0 Å². The summed E-state index contributed by atoms with van der Waals surface area (Å²) in [7, 11) is 0. The Labute approximate surface area is 76.4 Å². The average Bonchev–Trinajstić information content (AvgIpc) is 2.65. The van der Waals surface area contributed by atoms with E-state index in [1.165, 1.54) is 5.57 Å². The first-order valence-electron chi connectivity index (χ1n) is 4.39. The van der Waals surface area contributed by atoms with Gasteiger partial charge in [0.25, 0.3) is 0 Å². The Balaban J connectivity index is 2.20. The van der Waals surface area contributed by atoms with Crippen LogP contribution in [0.1, 0.15) is 0 Å². The molecule has 0 saturated heterocycles. The normalized spacial score (nSPS) is 28.2. The lowest BCUT2D eigenvalue weighted by Crippen LogP contribution is -2.05. The Bertz CT molecular complexity index is 442. The fourth-order valence-electron chi connectivity index (χ4n) is 2.07. The Morgan fingerprint density at radius 3 is 3.00 bits per heavy atom. The van der Waals surface area contributed by atoms with Gasteiger partial charge in [0, 0.05) is 11.5 Å². The minimum absolute atomic E-state index is 0.140. The van der Waals surface area contributed by atoms with Crippen LogP contribution in [-0.4, -0.2) is 5.78 Å². The lowest BCUT2D eigenvalue weighted by molar-refractivity contribution is -0.111. The number of hydrogen-bond donors (Lipinski definition) is 0. The number of hydrogen-bond acceptors (Lipinski definition) is 1. The van der Waals surface area contributed by atoms with Crippen LogP contribution in [0.15, 0.2) is 59.3 Å². The van der Waals surface area contributed by atoms with Crippen molar-refractivity contribution in [2.75, 3.05) is 0 Å². The van der Waals surface area contributed by atoms with Gasteiger partial charge in [0.1, 0.15) is 0 Å². The van der Waals surface area contributed by atoms with Crippen LogP contribution in [0.2, 0.25) is 0 Å².